The predicted molar refractivity (Wildman–Crippen MR) is 38.8 cm³/mol. The van der Waals surface area contributed by atoms with Gasteiger partial charge in [-0.1, -0.05) is 0 Å². The van der Waals surface area contributed by atoms with E-state index in [-0.39, 0.29) is 0 Å². The van der Waals surface area contributed by atoms with Crippen LogP contribution in [0.5, 0.6) is 0 Å². The Balaban J connectivity index is 3.03. The van der Waals surface area contributed by atoms with Crippen LogP contribution in [-0.2, 0) is 19.2 Å². The topological polar surface area (TPSA) is 0 Å². The van der Waals surface area contributed by atoms with Crippen molar-refractivity contribution in [3.05, 3.63) is 27.8 Å². The van der Waals surface area contributed by atoms with Crippen molar-refractivity contribution in [2.75, 3.05) is 0 Å². The molecule has 0 aliphatic rings. The Hall–Kier alpha value is 0.612. The zero-order chi connectivity index (χ0) is 5.98. The molecule has 2 heteroatoms. The van der Waals surface area contributed by atoms with Gasteiger partial charge < -0.3 is 0 Å². The molecule has 0 heterocycles. The summed E-state index contributed by atoms with van der Waals surface area (Å²) in [5.41, 5.74) is 0. The van der Waals surface area contributed by atoms with Gasteiger partial charge in [-0.15, -0.1) is 0 Å². The molecule has 8 heavy (non-hydrogen) atoms. The first-order chi connectivity index (χ1) is 3.79. The summed E-state index contributed by atoms with van der Waals surface area (Å²) in [5, 5.41) is 0. The van der Waals surface area contributed by atoms with Crippen molar-refractivity contribution in [1.29, 1.82) is 0 Å². The first-order valence-electron chi connectivity index (χ1n) is 2.17. The van der Waals surface area contributed by atoms with Gasteiger partial charge in [-0.05, 0) is 0 Å². The molecule has 0 nitrogen and oxygen atoms in total. The van der Waals surface area contributed by atoms with Gasteiger partial charge in [0.05, 0.1) is 0 Å². The number of rotatable bonds is 0. The molecule has 0 saturated carbocycles. The molecule has 1 aromatic rings. The van der Waals surface area contributed by atoms with E-state index in [1.807, 2.05) is 12.1 Å². The fourth-order valence-corrected chi connectivity index (χ4v) is 1.04. The molecular weight excluding hydrogens is 305 g/mol. The van der Waals surface area contributed by atoms with E-state index < -0.39 is 0 Å². The third-order valence-electron chi connectivity index (χ3n) is 0.783. The second-order valence-corrected chi connectivity index (χ2v) is 3.54. The molecule has 0 atom stereocenters. The quantitative estimate of drug-likeness (QED) is 0.503. The van der Waals surface area contributed by atoms with Crippen molar-refractivity contribution in [2.45, 2.75) is 0 Å². The van der Waals surface area contributed by atoms with Crippen LogP contribution in [0.25, 0.3) is 0 Å². The maximum absolute atomic E-state index is 3.09. The second-order valence-electron chi connectivity index (χ2n) is 1.40. The van der Waals surface area contributed by atoms with E-state index in [0.29, 0.717) is 0 Å². The van der Waals surface area contributed by atoms with Gasteiger partial charge in [-0.2, -0.15) is 0 Å². The van der Waals surface area contributed by atoms with Gasteiger partial charge >= 0.3 is 73.7 Å². The number of hydrogen-bond donors (Lipinski definition) is 0. The first-order valence-corrected chi connectivity index (χ1v) is 4.02. The Labute approximate surface area is 73.2 Å². The van der Waals surface area contributed by atoms with Crippen LogP contribution in [0.4, 0.5) is 0 Å². The average Bonchev–Trinajstić information content (AvgIpc) is 1.77. The minimum absolute atomic E-state index is 1.17. The normalized spacial score (nSPS) is 9.38. The predicted octanol–water partition coefficient (Wildman–Crippen LogP) is 1.46. The maximum atomic E-state index is 3.09. The Kier molecular flexibility index (Phi) is 2.49. The van der Waals surface area contributed by atoms with E-state index in [4.69, 9.17) is 0 Å². The Morgan fingerprint density at radius 1 is 1.12 bits per heavy atom. The first kappa shape index (κ1) is 6.73. The molecule has 45 valence electrons. The standard InChI is InChI=1S/C6H4I.Pd/c7-6-4-2-1-3-5-6;/h2-5H;. The summed E-state index contributed by atoms with van der Waals surface area (Å²) >= 11 is 5.37. The fourth-order valence-electron chi connectivity index (χ4n) is 0.419. The van der Waals surface area contributed by atoms with Crippen molar-refractivity contribution in [3.63, 3.8) is 0 Å². The molecule has 1 rings (SSSR count). The third kappa shape index (κ3) is 1.85. The zero-order valence-corrected chi connectivity index (χ0v) is 7.72. The molecule has 0 spiro atoms. The summed E-state index contributed by atoms with van der Waals surface area (Å²) in [6.07, 6.45) is 0. The van der Waals surface area contributed by atoms with Crippen LogP contribution in [-0.4, -0.2) is 0 Å². The van der Waals surface area contributed by atoms with Crippen LogP contribution >= 0.6 is 22.6 Å². The molecule has 0 unspecified atom stereocenters. The van der Waals surface area contributed by atoms with Gasteiger partial charge in [0.1, 0.15) is 0 Å². The third-order valence-corrected chi connectivity index (χ3v) is 2.02. The van der Waals surface area contributed by atoms with E-state index in [1.165, 1.54) is 7.61 Å². The molecule has 0 radical (unpaired) electrons. The van der Waals surface area contributed by atoms with Crippen molar-refractivity contribution in [3.8, 4) is 0 Å². The summed E-state index contributed by atoms with van der Waals surface area (Å²) < 4.78 is 2.45. The van der Waals surface area contributed by atoms with Crippen molar-refractivity contribution >= 4 is 26.6 Å². The van der Waals surface area contributed by atoms with Crippen LogP contribution in [0.15, 0.2) is 24.3 Å². The average molecular weight is 309 g/mol. The van der Waals surface area contributed by atoms with Gasteiger partial charge in [0.15, 0.2) is 0 Å². The second kappa shape index (κ2) is 2.96. The summed E-state index contributed by atoms with van der Waals surface area (Å²) in [6.45, 7) is 0. The summed E-state index contributed by atoms with van der Waals surface area (Å²) in [5.74, 6) is 0. The molecule has 0 aliphatic heterocycles. The van der Waals surface area contributed by atoms with E-state index in [0.717, 1.165) is 0 Å². The molecule has 0 bridgehead atoms. The van der Waals surface area contributed by atoms with Gasteiger partial charge in [0.25, 0.3) is 0 Å². The zero-order valence-electron chi connectivity index (χ0n) is 4.00. The summed E-state index contributed by atoms with van der Waals surface area (Å²) in [4.78, 5) is 0. The van der Waals surface area contributed by atoms with E-state index in [9.17, 15) is 0 Å². The Morgan fingerprint density at radius 3 is 2.00 bits per heavy atom. The number of hydrogen-bond acceptors (Lipinski definition) is 0. The number of benzene rings is 1. The van der Waals surface area contributed by atoms with Crippen molar-refractivity contribution < 1.29 is 19.2 Å². The molecule has 0 N–H and O–H groups in total. The molecule has 1 aromatic carbocycles. The van der Waals surface area contributed by atoms with Crippen molar-refractivity contribution in [2.24, 2.45) is 0 Å². The fraction of sp³-hybridized carbons (Fsp3) is 0. The van der Waals surface area contributed by atoms with E-state index in [2.05, 4.69) is 53.9 Å². The molecule has 0 amide bonds. The molecule has 0 fully saturated rings. The van der Waals surface area contributed by atoms with Crippen LogP contribution in [0.3, 0.4) is 0 Å². The van der Waals surface area contributed by atoms with Crippen LogP contribution in [0, 0.1) is 3.57 Å². The Bertz CT molecular complexity index is 147. The monoisotopic (exact) mass is 309 g/mol. The summed E-state index contributed by atoms with van der Waals surface area (Å²) in [7, 11) is 0. The molecule has 0 saturated heterocycles. The molecule has 0 aliphatic carbocycles. The van der Waals surface area contributed by atoms with Gasteiger partial charge in [0, 0.05) is 0 Å². The number of halogens is 1. The minimum atomic E-state index is 1.17. The van der Waals surface area contributed by atoms with E-state index in [1.54, 1.807) is 0 Å². The summed E-state index contributed by atoms with van der Waals surface area (Å²) in [6, 6.07) is 8.23. The van der Waals surface area contributed by atoms with Crippen molar-refractivity contribution in [1.82, 2.24) is 0 Å². The van der Waals surface area contributed by atoms with Gasteiger partial charge in [-0.25, -0.2) is 0 Å². The van der Waals surface area contributed by atoms with Crippen LogP contribution in [0.2, 0.25) is 0 Å². The van der Waals surface area contributed by atoms with E-state index >= 15 is 0 Å². The Morgan fingerprint density at radius 2 is 1.62 bits per heavy atom. The molecule has 0 aromatic heterocycles. The van der Waals surface area contributed by atoms with Gasteiger partial charge in [0.2, 0.25) is 0 Å². The van der Waals surface area contributed by atoms with Crippen LogP contribution < -0.4 is 4.04 Å². The van der Waals surface area contributed by atoms with Crippen LogP contribution in [0.1, 0.15) is 0 Å². The molecular formula is C6H4IPd. The van der Waals surface area contributed by atoms with Gasteiger partial charge in [-0.3, -0.25) is 0 Å². The SMILES string of the molecule is [Pd][c]1ccc(I)cc1.